The van der Waals surface area contributed by atoms with Crippen LogP contribution in [0.1, 0.15) is 12.5 Å². The van der Waals surface area contributed by atoms with Crippen LogP contribution in [0.3, 0.4) is 0 Å². The molecule has 2 N–H and O–H groups in total. The fraction of sp³-hybridized carbons (Fsp3) is 0.353. The van der Waals surface area contributed by atoms with Crippen molar-refractivity contribution in [3.8, 4) is 5.75 Å². The molecule has 0 aliphatic heterocycles. The van der Waals surface area contributed by atoms with E-state index in [0.29, 0.717) is 17.3 Å². The molecule has 7 heteroatoms. The highest BCUT2D eigenvalue weighted by Gasteiger charge is 2.08. The van der Waals surface area contributed by atoms with E-state index in [1.165, 1.54) is 5.56 Å². The van der Waals surface area contributed by atoms with E-state index in [9.17, 15) is 0 Å². The van der Waals surface area contributed by atoms with E-state index in [-0.39, 0.29) is 30.1 Å². The maximum atomic E-state index is 6.09. The molecule has 2 rings (SSSR count). The molecule has 24 heavy (non-hydrogen) atoms. The van der Waals surface area contributed by atoms with Gasteiger partial charge in [-0.1, -0.05) is 23.7 Å². The summed E-state index contributed by atoms with van der Waals surface area (Å²) in [5.74, 6) is 1.43. The molecule has 1 atom stereocenters. The number of aromatic nitrogens is 1. The first-order chi connectivity index (χ1) is 11.1. The zero-order chi connectivity index (χ0) is 16.7. The average molecular weight is 463 g/mol. The number of nitrogens with zero attached hydrogens (tertiary/aromatic N) is 2. The lowest BCUT2D eigenvalue weighted by Crippen LogP contribution is -2.41. The van der Waals surface area contributed by atoms with Crippen LogP contribution < -0.4 is 15.4 Å². The van der Waals surface area contributed by atoms with E-state index >= 15 is 0 Å². The van der Waals surface area contributed by atoms with Gasteiger partial charge < -0.3 is 19.9 Å². The van der Waals surface area contributed by atoms with Gasteiger partial charge >= 0.3 is 0 Å². The normalized spacial score (nSPS) is 12.2. The van der Waals surface area contributed by atoms with Crippen molar-refractivity contribution in [2.45, 2.75) is 19.6 Å². The summed E-state index contributed by atoms with van der Waals surface area (Å²) in [6.07, 6.45) is 4.06. The monoisotopic (exact) mass is 462 g/mol. The minimum absolute atomic E-state index is 0. The summed E-state index contributed by atoms with van der Waals surface area (Å²) in [7, 11) is 3.75. The smallest absolute Gasteiger partial charge is 0.191 e. The molecule has 5 nitrogen and oxygen atoms in total. The molecule has 1 unspecified atom stereocenters. The number of nitrogens with one attached hydrogen (secondary N) is 2. The van der Waals surface area contributed by atoms with E-state index in [2.05, 4.69) is 27.9 Å². The summed E-state index contributed by atoms with van der Waals surface area (Å²) < 4.78 is 7.85. The van der Waals surface area contributed by atoms with Crippen LogP contribution in [0.15, 0.2) is 47.7 Å². The molecule has 0 fully saturated rings. The average Bonchev–Trinajstić information content (AvgIpc) is 2.95. The van der Waals surface area contributed by atoms with Crippen LogP contribution in [0.2, 0.25) is 5.02 Å². The van der Waals surface area contributed by atoms with Crippen molar-refractivity contribution in [2.75, 3.05) is 13.6 Å². The molecular formula is C17H24ClIN4O. The van der Waals surface area contributed by atoms with Crippen LogP contribution in [-0.2, 0) is 13.6 Å². The van der Waals surface area contributed by atoms with Gasteiger partial charge in [0.05, 0.1) is 11.6 Å². The van der Waals surface area contributed by atoms with E-state index in [1.807, 2.05) is 49.0 Å². The first kappa shape index (κ1) is 20.6. The summed E-state index contributed by atoms with van der Waals surface area (Å²) >= 11 is 6.09. The Morgan fingerprint density at radius 3 is 2.67 bits per heavy atom. The fourth-order valence-corrected chi connectivity index (χ4v) is 2.29. The van der Waals surface area contributed by atoms with Crippen molar-refractivity contribution in [3.63, 3.8) is 0 Å². The zero-order valence-corrected chi connectivity index (χ0v) is 17.2. The Labute approximate surface area is 165 Å². The molecule has 2 aromatic rings. The molecule has 132 valence electrons. The molecule has 0 saturated carbocycles. The van der Waals surface area contributed by atoms with Crippen LogP contribution >= 0.6 is 35.6 Å². The van der Waals surface area contributed by atoms with Crippen molar-refractivity contribution in [1.29, 1.82) is 0 Å². The minimum atomic E-state index is -0.0369. The van der Waals surface area contributed by atoms with Crippen LogP contribution in [0.5, 0.6) is 5.75 Å². The first-order valence-corrected chi connectivity index (χ1v) is 7.93. The lowest BCUT2D eigenvalue weighted by Gasteiger charge is -2.18. The third kappa shape index (κ3) is 6.60. The molecule has 1 heterocycles. The first-order valence-electron chi connectivity index (χ1n) is 7.55. The van der Waals surface area contributed by atoms with Crippen LogP contribution in [0, 0.1) is 0 Å². The van der Waals surface area contributed by atoms with Gasteiger partial charge in [0.2, 0.25) is 0 Å². The quantitative estimate of drug-likeness (QED) is 0.393. The summed E-state index contributed by atoms with van der Waals surface area (Å²) in [4.78, 5) is 4.21. The molecule has 0 saturated heterocycles. The van der Waals surface area contributed by atoms with Gasteiger partial charge in [-0.3, -0.25) is 4.99 Å². The molecule has 0 aliphatic carbocycles. The number of benzene rings is 1. The fourth-order valence-electron chi connectivity index (χ4n) is 2.11. The number of aliphatic imine (C=N–C) groups is 1. The van der Waals surface area contributed by atoms with Crippen LogP contribution in [0.4, 0.5) is 0 Å². The minimum Gasteiger partial charge on any atom is -0.487 e. The van der Waals surface area contributed by atoms with E-state index in [4.69, 9.17) is 16.3 Å². The molecular weight excluding hydrogens is 439 g/mol. The molecule has 0 radical (unpaired) electrons. The number of hydrogen-bond donors (Lipinski definition) is 2. The zero-order valence-electron chi connectivity index (χ0n) is 14.1. The maximum Gasteiger partial charge on any atom is 0.191 e. The second-order valence-corrected chi connectivity index (χ2v) is 5.76. The Kier molecular flexibility index (Phi) is 8.99. The number of rotatable bonds is 6. The highest BCUT2D eigenvalue weighted by molar-refractivity contribution is 14.0. The largest absolute Gasteiger partial charge is 0.487 e. The van der Waals surface area contributed by atoms with Crippen molar-refractivity contribution >= 4 is 41.5 Å². The molecule has 0 bridgehead atoms. The predicted molar refractivity (Wildman–Crippen MR) is 111 cm³/mol. The van der Waals surface area contributed by atoms with Gasteiger partial charge in [-0.05, 0) is 30.7 Å². The van der Waals surface area contributed by atoms with Crippen molar-refractivity contribution in [1.82, 2.24) is 15.2 Å². The Morgan fingerprint density at radius 2 is 2.04 bits per heavy atom. The lowest BCUT2D eigenvalue weighted by molar-refractivity contribution is 0.224. The Hall–Kier alpha value is -1.41. The topological polar surface area (TPSA) is 50.6 Å². The Bertz CT molecular complexity index is 660. The third-order valence-electron chi connectivity index (χ3n) is 3.30. The number of guanidine groups is 1. The summed E-state index contributed by atoms with van der Waals surface area (Å²) in [5.41, 5.74) is 1.20. The van der Waals surface area contributed by atoms with E-state index < -0.39 is 0 Å². The highest BCUT2D eigenvalue weighted by Crippen LogP contribution is 2.23. The summed E-state index contributed by atoms with van der Waals surface area (Å²) in [6.45, 7) is 3.33. The van der Waals surface area contributed by atoms with Gasteiger partial charge in [0.1, 0.15) is 11.9 Å². The lowest BCUT2D eigenvalue weighted by atomic mass is 10.3. The van der Waals surface area contributed by atoms with Crippen molar-refractivity contribution < 1.29 is 4.74 Å². The summed E-state index contributed by atoms with van der Waals surface area (Å²) in [6, 6.07) is 9.54. The van der Waals surface area contributed by atoms with Crippen LogP contribution in [-0.4, -0.2) is 30.2 Å². The molecule has 0 spiro atoms. The number of aryl methyl sites for hydroxylation is 1. The standard InChI is InChI=1S/C17H23ClN4O.HI/c1-13(23-16-7-5-4-6-15(16)18)10-20-17(19-2)21-11-14-8-9-22(3)12-14;/h4-9,12-13H,10-11H2,1-3H3,(H2,19,20,21);1H. The number of para-hydroxylation sites is 1. The molecule has 0 aliphatic rings. The molecule has 1 aromatic carbocycles. The van der Waals surface area contributed by atoms with Gasteiger partial charge in [0.15, 0.2) is 5.96 Å². The van der Waals surface area contributed by atoms with Crippen molar-refractivity contribution in [2.24, 2.45) is 12.0 Å². The SMILES string of the molecule is CN=C(NCc1ccn(C)c1)NCC(C)Oc1ccccc1Cl.I. The summed E-state index contributed by atoms with van der Waals surface area (Å²) in [5, 5.41) is 7.14. The third-order valence-corrected chi connectivity index (χ3v) is 3.61. The predicted octanol–water partition coefficient (Wildman–Crippen LogP) is 3.43. The molecule has 0 amide bonds. The number of halogens is 2. The number of ether oxygens (including phenoxy) is 1. The number of hydrogen-bond acceptors (Lipinski definition) is 2. The highest BCUT2D eigenvalue weighted by atomic mass is 127. The molecule has 1 aromatic heterocycles. The van der Waals surface area contributed by atoms with Gasteiger partial charge in [-0.25, -0.2) is 0 Å². The van der Waals surface area contributed by atoms with E-state index in [0.717, 1.165) is 12.5 Å². The van der Waals surface area contributed by atoms with Gasteiger partial charge in [-0.2, -0.15) is 0 Å². The van der Waals surface area contributed by atoms with Crippen molar-refractivity contribution in [3.05, 3.63) is 53.3 Å². The Morgan fingerprint density at radius 1 is 1.29 bits per heavy atom. The van der Waals surface area contributed by atoms with Crippen LogP contribution in [0.25, 0.3) is 0 Å². The van der Waals surface area contributed by atoms with Gasteiger partial charge in [-0.15, -0.1) is 24.0 Å². The van der Waals surface area contributed by atoms with Gasteiger partial charge in [0, 0.05) is 33.0 Å². The van der Waals surface area contributed by atoms with E-state index in [1.54, 1.807) is 7.05 Å². The Balaban J connectivity index is 0.00000288. The maximum absolute atomic E-state index is 6.09. The van der Waals surface area contributed by atoms with Gasteiger partial charge in [0.25, 0.3) is 0 Å². The second kappa shape index (κ2) is 10.5. The second-order valence-electron chi connectivity index (χ2n) is 5.35.